The van der Waals surface area contributed by atoms with Crippen molar-refractivity contribution in [3.05, 3.63) is 77.5 Å². The fourth-order valence-corrected chi connectivity index (χ4v) is 5.04. The van der Waals surface area contributed by atoms with Gasteiger partial charge in [-0.15, -0.1) is 0 Å². The summed E-state index contributed by atoms with van der Waals surface area (Å²) in [6.45, 7) is 6.18. The van der Waals surface area contributed by atoms with E-state index in [-0.39, 0.29) is 6.10 Å². The topological polar surface area (TPSA) is 53.0 Å². The van der Waals surface area contributed by atoms with Crippen LogP contribution in [0, 0.1) is 0 Å². The number of aromatic nitrogens is 1. The molecule has 1 fully saturated rings. The summed E-state index contributed by atoms with van der Waals surface area (Å²) in [5, 5.41) is 0. The van der Waals surface area contributed by atoms with E-state index in [1.165, 1.54) is 32.4 Å². The molecule has 188 valence electrons. The summed E-state index contributed by atoms with van der Waals surface area (Å²) in [5.74, 6) is 3.04. The number of piperidine rings is 1. The number of nitrogens with zero attached hydrogens (tertiary/aromatic N) is 2. The highest BCUT2D eigenvalue weighted by Crippen LogP contribution is 2.47. The van der Waals surface area contributed by atoms with E-state index in [0.717, 1.165) is 51.6 Å². The number of methoxy groups -OCH3 is 2. The Morgan fingerprint density at radius 1 is 0.917 bits per heavy atom. The average molecular weight is 487 g/mol. The Bertz CT molecular complexity index is 1200. The third-order valence-corrected chi connectivity index (χ3v) is 7.07. The van der Waals surface area contributed by atoms with Crippen molar-refractivity contribution in [1.82, 2.24) is 9.88 Å². The van der Waals surface area contributed by atoms with Gasteiger partial charge in [-0.25, -0.2) is 4.98 Å². The third-order valence-electron chi connectivity index (χ3n) is 7.07. The molecule has 1 atom stereocenters. The number of likely N-dealkylation sites (tertiary alicyclic amines) is 1. The fourth-order valence-electron chi connectivity index (χ4n) is 5.04. The van der Waals surface area contributed by atoms with Crippen LogP contribution in [0.1, 0.15) is 49.0 Å². The molecule has 2 aliphatic rings. The van der Waals surface area contributed by atoms with Crippen molar-refractivity contribution in [2.24, 2.45) is 0 Å². The number of rotatable bonds is 8. The zero-order valence-corrected chi connectivity index (χ0v) is 21.3. The van der Waals surface area contributed by atoms with Gasteiger partial charge >= 0.3 is 0 Å². The van der Waals surface area contributed by atoms with Gasteiger partial charge in [-0.1, -0.05) is 18.6 Å². The molecule has 2 aromatic carbocycles. The van der Waals surface area contributed by atoms with Crippen LogP contribution in [-0.2, 0) is 0 Å². The molecule has 0 saturated carbocycles. The molecule has 0 radical (unpaired) electrons. The summed E-state index contributed by atoms with van der Waals surface area (Å²) in [4.78, 5) is 6.94. The minimum Gasteiger partial charge on any atom is -0.497 e. The molecule has 2 aliphatic heterocycles. The van der Waals surface area contributed by atoms with Crippen molar-refractivity contribution >= 4 is 11.1 Å². The van der Waals surface area contributed by atoms with E-state index in [1.54, 1.807) is 14.2 Å². The molecule has 5 rings (SSSR count). The van der Waals surface area contributed by atoms with Crippen LogP contribution in [0.2, 0.25) is 0 Å². The molecule has 0 spiro atoms. The van der Waals surface area contributed by atoms with Crippen molar-refractivity contribution < 1.29 is 18.9 Å². The summed E-state index contributed by atoms with van der Waals surface area (Å²) < 4.78 is 23.4. The molecule has 0 N–H and O–H groups in total. The Hall–Kier alpha value is -3.51. The predicted molar refractivity (Wildman–Crippen MR) is 142 cm³/mol. The van der Waals surface area contributed by atoms with Gasteiger partial charge in [0.25, 0.3) is 0 Å². The van der Waals surface area contributed by atoms with E-state index in [0.29, 0.717) is 12.5 Å². The van der Waals surface area contributed by atoms with Gasteiger partial charge < -0.3 is 18.9 Å². The quantitative estimate of drug-likeness (QED) is 0.388. The Balaban J connectivity index is 1.40. The van der Waals surface area contributed by atoms with Crippen LogP contribution in [0.25, 0.3) is 11.1 Å². The maximum atomic E-state index is 6.61. The standard InChI is InChI=1S/C30H34N2O4/c1-21-26-13-12-25(33-2)19-27(26)36-30(29(21)23-9-14-28(34-3)31-20-23)22-7-10-24(11-8-22)35-18-17-32-15-5-4-6-16-32/h7-14,19-20,30H,4-6,15-18H2,1-3H3. The first-order valence-electron chi connectivity index (χ1n) is 12.7. The van der Waals surface area contributed by atoms with Gasteiger partial charge in [-0.05, 0) is 74.3 Å². The van der Waals surface area contributed by atoms with Crippen molar-refractivity contribution in [2.75, 3.05) is 40.5 Å². The zero-order chi connectivity index (χ0) is 24.9. The van der Waals surface area contributed by atoms with Gasteiger partial charge in [-0.3, -0.25) is 4.90 Å². The van der Waals surface area contributed by atoms with E-state index in [1.807, 2.05) is 42.6 Å². The first-order chi connectivity index (χ1) is 17.7. The molecule has 3 aromatic rings. The van der Waals surface area contributed by atoms with Crippen LogP contribution in [0.15, 0.2) is 60.8 Å². The number of benzene rings is 2. The minimum absolute atomic E-state index is 0.290. The lowest BCUT2D eigenvalue weighted by Gasteiger charge is -2.31. The van der Waals surface area contributed by atoms with E-state index in [9.17, 15) is 0 Å². The van der Waals surface area contributed by atoms with E-state index in [4.69, 9.17) is 18.9 Å². The molecule has 0 amide bonds. The Kier molecular flexibility index (Phi) is 7.42. The highest BCUT2D eigenvalue weighted by atomic mass is 16.5. The number of fused-ring (bicyclic) bond motifs is 1. The van der Waals surface area contributed by atoms with E-state index in [2.05, 4.69) is 35.0 Å². The predicted octanol–water partition coefficient (Wildman–Crippen LogP) is 6.03. The molecule has 0 aliphatic carbocycles. The van der Waals surface area contributed by atoms with Crippen LogP contribution < -0.4 is 18.9 Å². The number of ether oxygens (including phenoxy) is 4. The van der Waals surface area contributed by atoms with Crippen molar-refractivity contribution in [2.45, 2.75) is 32.3 Å². The molecule has 6 nitrogen and oxygen atoms in total. The van der Waals surface area contributed by atoms with Gasteiger partial charge in [-0.2, -0.15) is 0 Å². The lowest BCUT2D eigenvalue weighted by Crippen LogP contribution is -2.33. The smallest absolute Gasteiger partial charge is 0.212 e. The molecule has 1 aromatic heterocycles. The minimum atomic E-state index is -0.290. The lowest BCUT2D eigenvalue weighted by molar-refractivity contribution is 0.183. The molecule has 36 heavy (non-hydrogen) atoms. The van der Waals surface area contributed by atoms with Crippen LogP contribution in [0.4, 0.5) is 0 Å². The lowest BCUT2D eigenvalue weighted by atomic mass is 9.86. The monoisotopic (exact) mass is 486 g/mol. The molecule has 0 bridgehead atoms. The first kappa shape index (κ1) is 24.2. The number of pyridine rings is 1. The van der Waals surface area contributed by atoms with Gasteiger partial charge in [0.2, 0.25) is 5.88 Å². The second-order valence-corrected chi connectivity index (χ2v) is 9.31. The summed E-state index contributed by atoms with van der Waals surface area (Å²) in [5.41, 5.74) is 5.34. The van der Waals surface area contributed by atoms with Crippen molar-refractivity contribution in [3.8, 4) is 23.1 Å². The normalized spacial score (nSPS) is 17.8. The molecular formula is C30H34N2O4. The summed E-state index contributed by atoms with van der Waals surface area (Å²) in [6.07, 6.45) is 5.50. The molecule has 6 heteroatoms. The third kappa shape index (κ3) is 5.19. The van der Waals surface area contributed by atoms with Crippen LogP contribution in [-0.4, -0.2) is 50.3 Å². The summed E-state index contributed by atoms with van der Waals surface area (Å²) in [7, 11) is 3.29. The zero-order valence-electron chi connectivity index (χ0n) is 21.3. The Labute approximate surface area is 213 Å². The maximum absolute atomic E-state index is 6.61. The molecule has 3 heterocycles. The first-order valence-corrected chi connectivity index (χ1v) is 12.7. The van der Waals surface area contributed by atoms with E-state index < -0.39 is 0 Å². The number of allylic oxidation sites excluding steroid dienone is 1. The number of hydrogen-bond acceptors (Lipinski definition) is 6. The molecule has 1 unspecified atom stereocenters. The van der Waals surface area contributed by atoms with Gasteiger partial charge in [0.1, 0.15) is 30.0 Å². The Morgan fingerprint density at radius 2 is 1.69 bits per heavy atom. The van der Waals surface area contributed by atoms with Gasteiger partial charge in [0, 0.05) is 41.6 Å². The SMILES string of the molecule is COc1ccc2c(c1)OC(c1ccc(OCCN3CCCCC3)cc1)C(c1ccc(OC)nc1)=C2C. The maximum Gasteiger partial charge on any atom is 0.212 e. The van der Waals surface area contributed by atoms with Gasteiger partial charge in [0.15, 0.2) is 0 Å². The summed E-state index contributed by atoms with van der Waals surface area (Å²) >= 11 is 0. The van der Waals surface area contributed by atoms with Crippen molar-refractivity contribution in [3.63, 3.8) is 0 Å². The van der Waals surface area contributed by atoms with Crippen LogP contribution >= 0.6 is 0 Å². The largest absolute Gasteiger partial charge is 0.497 e. The highest BCUT2D eigenvalue weighted by Gasteiger charge is 2.30. The van der Waals surface area contributed by atoms with E-state index >= 15 is 0 Å². The van der Waals surface area contributed by atoms with Gasteiger partial charge in [0.05, 0.1) is 14.2 Å². The highest BCUT2D eigenvalue weighted by molar-refractivity contribution is 5.95. The van der Waals surface area contributed by atoms with Crippen LogP contribution in [0.5, 0.6) is 23.1 Å². The second-order valence-electron chi connectivity index (χ2n) is 9.31. The molecule has 1 saturated heterocycles. The number of hydrogen-bond donors (Lipinski definition) is 0. The van der Waals surface area contributed by atoms with Crippen molar-refractivity contribution in [1.29, 1.82) is 0 Å². The fraction of sp³-hybridized carbons (Fsp3) is 0.367. The second kappa shape index (κ2) is 11.0. The summed E-state index contributed by atoms with van der Waals surface area (Å²) in [6, 6.07) is 18.1. The Morgan fingerprint density at radius 3 is 2.39 bits per heavy atom. The molecular weight excluding hydrogens is 452 g/mol. The van der Waals surface area contributed by atoms with Crippen LogP contribution in [0.3, 0.4) is 0 Å². The average Bonchev–Trinajstić information content (AvgIpc) is 2.94.